The van der Waals surface area contributed by atoms with Crippen molar-refractivity contribution < 1.29 is 4.39 Å². The zero-order valence-electron chi connectivity index (χ0n) is 12.9. The van der Waals surface area contributed by atoms with Crippen LogP contribution < -0.4 is 5.32 Å². The zero-order chi connectivity index (χ0) is 15.5. The van der Waals surface area contributed by atoms with Crippen molar-refractivity contribution in [2.75, 3.05) is 39.8 Å². The van der Waals surface area contributed by atoms with Crippen LogP contribution in [-0.2, 0) is 0 Å². The molecule has 22 heavy (non-hydrogen) atoms. The largest absolute Gasteiger partial charge is 0.354 e. The number of likely N-dealkylation sites (N-methyl/N-ethyl adjacent to an activating group) is 1. The molecule has 120 valence electrons. The number of guanidine groups is 1. The molecule has 1 fully saturated rings. The summed E-state index contributed by atoms with van der Waals surface area (Å²) in [6.07, 6.45) is 2.31. The first-order valence-electron chi connectivity index (χ1n) is 7.84. The Hall–Kier alpha value is -1.33. The molecule has 2 aliphatic heterocycles. The molecule has 2 heterocycles. The van der Waals surface area contributed by atoms with Gasteiger partial charge in [-0.3, -0.25) is 9.89 Å². The van der Waals surface area contributed by atoms with Gasteiger partial charge >= 0.3 is 0 Å². The van der Waals surface area contributed by atoms with Crippen molar-refractivity contribution >= 4 is 17.6 Å². The number of nitrogens with zero attached hydrogens (tertiary/aromatic N) is 3. The van der Waals surface area contributed by atoms with Crippen molar-refractivity contribution in [3.8, 4) is 0 Å². The van der Waals surface area contributed by atoms with Crippen molar-refractivity contribution in [2.45, 2.75) is 18.9 Å². The maximum Gasteiger partial charge on any atom is 0.193 e. The van der Waals surface area contributed by atoms with Crippen LogP contribution in [0.3, 0.4) is 0 Å². The third kappa shape index (κ3) is 3.20. The molecule has 1 aromatic carbocycles. The van der Waals surface area contributed by atoms with Crippen LogP contribution in [0.25, 0.3) is 0 Å². The van der Waals surface area contributed by atoms with Gasteiger partial charge in [-0.1, -0.05) is 17.7 Å². The summed E-state index contributed by atoms with van der Waals surface area (Å²) >= 11 is 6.29. The third-order valence-electron chi connectivity index (χ3n) is 4.43. The molecule has 1 unspecified atom stereocenters. The predicted octanol–water partition coefficient (Wildman–Crippen LogP) is 2.51. The molecular weight excluding hydrogens is 303 g/mol. The summed E-state index contributed by atoms with van der Waals surface area (Å²) in [6, 6.07) is 4.85. The molecule has 0 amide bonds. The van der Waals surface area contributed by atoms with E-state index in [2.05, 4.69) is 20.1 Å². The number of hydrogen-bond acceptors (Lipinski definition) is 4. The molecule has 4 nitrogen and oxygen atoms in total. The maximum atomic E-state index is 14.4. The van der Waals surface area contributed by atoms with Crippen molar-refractivity contribution in [2.24, 2.45) is 4.99 Å². The van der Waals surface area contributed by atoms with E-state index in [1.54, 1.807) is 12.1 Å². The lowest BCUT2D eigenvalue weighted by atomic mass is 10.0. The molecule has 0 aliphatic carbocycles. The minimum atomic E-state index is -0.229. The summed E-state index contributed by atoms with van der Waals surface area (Å²) in [6.45, 7) is 4.33. The summed E-state index contributed by atoms with van der Waals surface area (Å²) in [5.41, 5.74) is 0.597. The number of hydrogen-bond donors (Lipinski definition) is 1. The number of halogens is 2. The molecule has 1 N–H and O–H groups in total. The fourth-order valence-electron chi connectivity index (χ4n) is 3.21. The van der Waals surface area contributed by atoms with E-state index in [-0.39, 0.29) is 11.9 Å². The highest BCUT2D eigenvalue weighted by Crippen LogP contribution is 2.32. The van der Waals surface area contributed by atoms with Crippen LogP contribution in [0.15, 0.2) is 23.2 Å². The van der Waals surface area contributed by atoms with E-state index >= 15 is 0 Å². The van der Waals surface area contributed by atoms with Gasteiger partial charge in [-0.2, -0.15) is 0 Å². The molecule has 0 aromatic heterocycles. The Balaban J connectivity index is 1.81. The summed E-state index contributed by atoms with van der Waals surface area (Å²) in [4.78, 5) is 8.84. The molecule has 6 heteroatoms. The van der Waals surface area contributed by atoms with Gasteiger partial charge in [0.25, 0.3) is 0 Å². The van der Waals surface area contributed by atoms with Gasteiger partial charge in [-0.25, -0.2) is 4.39 Å². The van der Waals surface area contributed by atoms with Crippen LogP contribution in [-0.4, -0.2) is 55.5 Å². The van der Waals surface area contributed by atoms with Crippen LogP contribution in [0.2, 0.25) is 5.02 Å². The van der Waals surface area contributed by atoms with Gasteiger partial charge in [-0.05, 0) is 38.1 Å². The highest BCUT2D eigenvalue weighted by molar-refractivity contribution is 6.31. The summed E-state index contributed by atoms with van der Waals surface area (Å²) < 4.78 is 14.4. The van der Waals surface area contributed by atoms with Crippen LogP contribution >= 0.6 is 11.6 Å². The van der Waals surface area contributed by atoms with E-state index in [1.807, 2.05) is 7.05 Å². The Morgan fingerprint density at radius 3 is 2.73 bits per heavy atom. The quantitative estimate of drug-likeness (QED) is 0.923. The van der Waals surface area contributed by atoms with E-state index in [9.17, 15) is 4.39 Å². The minimum absolute atomic E-state index is 0.0621. The molecule has 2 aliphatic rings. The molecule has 1 aromatic rings. The Morgan fingerprint density at radius 2 is 2.09 bits per heavy atom. The lowest BCUT2D eigenvalue weighted by Crippen LogP contribution is -2.41. The van der Waals surface area contributed by atoms with E-state index in [1.165, 1.54) is 6.07 Å². The fourth-order valence-corrected chi connectivity index (χ4v) is 3.50. The van der Waals surface area contributed by atoms with Gasteiger partial charge in [0.2, 0.25) is 0 Å². The highest BCUT2D eigenvalue weighted by atomic mass is 35.5. The standard InChI is InChI=1S/C16H22ClFN4/c1-21-10-7-19-16(21)20-11-14(22-8-2-3-9-22)15-12(17)5-4-6-13(15)18/h4-6,14H,2-3,7-11H2,1H3,(H,19,20). The lowest BCUT2D eigenvalue weighted by Gasteiger charge is -2.30. The SMILES string of the molecule is CN1CCN=C1NCC(c1c(F)cccc1Cl)N1CCCC1. The molecule has 0 saturated carbocycles. The third-order valence-corrected chi connectivity index (χ3v) is 4.76. The van der Waals surface area contributed by atoms with Crippen LogP contribution in [0.4, 0.5) is 4.39 Å². The maximum absolute atomic E-state index is 14.4. The lowest BCUT2D eigenvalue weighted by molar-refractivity contribution is 0.239. The second kappa shape index (κ2) is 6.84. The first-order valence-corrected chi connectivity index (χ1v) is 8.22. The van der Waals surface area contributed by atoms with E-state index in [0.29, 0.717) is 17.1 Å². The van der Waals surface area contributed by atoms with E-state index in [4.69, 9.17) is 11.6 Å². The number of rotatable bonds is 4. The van der Waals surface area contributed by atoms with Crippen molar-refractivity contribution in [3.05, 3.63) is 34.6 Å². The second-order valence-electron chi connectivity index (χ2n) is 5.90. The molecule has 0 bridgehead atoms. The Bertz CT molecular complexity index is 537. The van der Waals surface area contributed by atoms with Gasteiger partial charge in [-0.15, -0.1) is 0 Å². The summed E-state index contributed by atoms with van der Waals surface area (Å²) in [5.74, 6) is 0.657. The zero-order valence-corrected chi connectivity index (χ0v) is 13.6. The summed E-state index contributed by atoms with van der Waals surface area (Å²) in [5, 5.41) is 3.87. The van der Waals surface area contributed by atoms with E-state index < -0.39 is 0 Å². The number of benzene rings is 1. The minimum Gasteiger partial charge on any atom is -0.354 e. The first kappa shape index (κ1) is 15.6. The molecule has 1 atom stereocenters. The predicted molar refractivity (Wildman–Crippen MR) is 87.9 cm³/mol. The molecule has 1 saturated heterocycles. The average Bonchev–Trinajstić information content (AvgIpc) is 3.14. The van der Waals surface area contributed by atoms with Gasteiger partial charge in [0.05, 0.1) is 12.6 Å². The average molecular weight is 325 g/mol. The van der Waals surface area contributed by atoms with Crippen molar-refractivity contribution in [3.63, 3.8) is 0 Å². The molecule has 0 spiro atoms. The first-order chi connectivity index (χ1) is 10.7. The molecular formula is C16H22ClFN4. The van der Waals surface area contributed by atoms with Gasteiger partial charge < -0.3 is 10.2 Å². The smallest absolute Gasteiger partial charge is 0.193 e. The highest BCUT2D eigenvalue weighted by Gasteiger charge is 2.28. The number of aliphatic imine (C=N–C) groups is 1. The number of nitrogens with one attached hydrogen (secondary N) is 1. The molecule has 0 radical (unpaired) electrons. The van der Waals surface area contributed by atoms with Gasteiger partial charge in [0, 0.05) is 30.7 Å². The van der Waals surface area contributed by atoms with Gasteiger partial charge in [0.15, 0.2) is 5.96 Å². The molecule has 3 rings (SSSR count). The van der Waals surface area contributed by atoms with Gasteiger partial charge in [0.1, 0.15) is 5.82 Å². The Labute approximate surface area is 136 Å². The fraction of sp³-hybridized carbons (Fsp3) is 0.562. The summed E-state index contributed by atoms with van der Waals surface area (Å²) in [7, 11) is 2.01. The second-order valence-corrected chi connectivity index (χ2v) is 6.31. The monoisotopic (exact) mass is 324 g/mol. The number of likely N-dealkylation sites (tertiary alicyclic amines) is 1. The normalized spacial score (nSPS) is 20.3. The van der Waals surface area contributed by atoms with Crippen molar-refractivity contribution in [1.29, 1.82) is 0 Å². The van der Waals surface area contributed by atoms with Crippen LogP contribution in [0.5, 0.6) is 0 Å². The van der Waals surface area contributed by atoms with E-state index in [0.717, 1.165) is 45.0 Å². The topological polar surface area (TPSA) is 30.9 Å². The van der Waals surface area contributed by atoms with Crippen LogP contribution in [0, 0.1) is 5.82 Å². The Morgan fingerprint density at radius 1 is 1.32 bits per heavy atom. The van der Waals surface area contributed by atoms with Crippen molar-refractivity contribution in [1.82, 2.24) is 15.1 Å². The van der Waals surface area contributed by atoms with Crippen LogP contribution in [0.1, 0.15) is 24.4 Å². The Kier molecular flexibility index (Phi) is 4.84.